The number of hydrogen-bond donors (Lipinski definition) is 0. The molecule has 0 unspecified atom stereocenters. The van der Waals surface area contributed by atoms with Crippen molar-refractivity contribution in [2.75, 3.05) is 0 Å². The van der Waals surface area contributed by atoms with Crippen LogP contribution in [0.3, 0.4) is 0 Å². The fraction of sp³-hybridized carbons (Fsp3) is 0.250. The molecule has 1 aromatic carbocycles. The monoisotopic (exact) mass is 214 g/mol. The van der Waals surface area contributed by atoms with Gasteiger partial charge in [0.05, 0.1) is 4.91 Å². The van der Waals surface area contributed by atoms with E-state index < -0.39 is 0 Å². The predicted molar refractivity (Wildman–Crippen MR) is 67.8 cm³/mol. The van der Waals surface area contributed by atoms with E-state index in [-0.39, 0.29) is 0 Å². The zero-order valence-corrected chi connectivity index (χ0v) is 10.1. The highest BCUT2D eigenvalue weighted by molar-refractivity contribution is 7.20. The topological polar surface area (TPSA) is 12.9 Å². The third-order valence-corrected chi connectivity index (χ3v) is 3.18. The SMILES string of the molecule is Cc1cc(C)c([B]c2nccs2)c(C)c1. The Morgan fingerprint density at radius 1 is 1.13 bits per heavy atom. The molecule has 2 rings (SSSR count). The van der Waals surface area contributed by atoms with Crippen LogP contribution in [0.2, 0.25) is 0 Å². The molecule has 0 aliphatic heterocycles. The summed E-state index contributed by atoms with van der Waals surface area (Å²) >= 11 is 1.67. The number of aryl methyl sites for hydroxylation is 3. The van der Waals surface area contributed by atoms with Gasteiger partial charge in [-0.15, -0.1) is 11.3 Å². The summed E-state index contributed by atoms with van der Waals surface area (Å²) in [5.74, 6) is 0. The molecule has 15 heavy (non-hydrogen) atoms. The van der Waals surface area contributed by atoms with E-state index in [1.165, 1.54) is 22.2 Å². The average Bonchev–Trinajstić information content (AvgIpc) is 2.63. The Balaban J connectivity index is 2.36. The number of thiazole rings is 1. The molecular formula is C12H13BNS. The van der Waals surface area contributed by atoms with E-state index in [0.717, 1.165) is 4.91 Å². The van der Waals surface area contributed by atoms with Crippen LogP contribution in [-0.4, -0.2) is 12.3 Å². The molecule has 75 valence electrons. The molecule has 1 aromatic heterocycles. The number of hydrogen-bond acceptors (Lipinski definition) is 2. The smallest absolute Gasteiger partial charge is 0.231 e. The lowest BCUT2D eigenvalue weighted by atomic mass is 9.67. The second-order valence-electron chi connectivity index (χ2n) is 3.83. The maximum atomic E-state index is 4.28. The van der Waals surface area contributed by atoms with E-state index in [0.29, 0.717) is 0 Å². The molecule has 0 spiro atoms. The maximum Gasteiger partial charge on any atom is 0.231 e. The minimum Gasteiger partial charge on any atom is -0.260 e. The van der Waals surface area contributed by atoms with Gasteiger partial charge in [-0.2, -0.15) is 0 Å². The Bertz CT molecular complexity index is 439. The molecular weight excluding hydrogens is 201 g/mol. The summed E-state index contributed by atoms with van der Waals surface area (Å²) in [6, 6.07) is 4.43. The third kappa shape index (κ3) is 2.29. The zero-order chi connectivity index (χ0) is 10.8. The van der Waals surface area contributed by atoms with Gasteiger partial charge in [-0.3, -0.25) is 4.98 Å². The van der Waals surface area contributed by atoms with Crippen LogP contribution in [0.4, 0.5) is 0 Å². The van der Waals surface area contributed by atoms with Crippen molar-refractivity contribution >= 4 is 29.0 Å². The Kier molecular flexibility index (Phi) is 2.92. The molecule has 0 bridgehead atoms. The van der Waals surface area contributed by atoms with Crippen LogP contribution in [0.5, 0.6) is 0 Å². The summed E-state index contributed by atoms with van der Waals surface area (Å²) in [5.41, 5.74) is 5.27. The van der Waals surface area contributed by atoms with Gasteiger partial charge in [-0.1, -0.05) is 34.3 Å². The largest absolute Gasteiger partial charge is 0.260 e. The second-order valence-corrected chi connectivity index (χ2v) is 4.75. The Morgan fingerprint density at radius 3 is 2.33 bits per heavy atom. The highest BCUT2D eigenvalue weighted by Crippen LogP contribution is 2.05. The second kappa shape index (κ2) is 4.19. The summed E-state index contributed by atoms with van der Waals surface area (Å²) in [4.78, 5) is 5.35. The first kappa shape index (κ1) is 10.4. The molecule has 0 N–H and O–H groups in total. The Hall–Kier alpha value is -1.09. The van der Waals surface area contributed by atoms with E-state index in [1.54, 1.807) is 11.3 Å². The minimum absolute atomic E-state index is 1.07. The number of rotatable bonds is 2. The van der Waals surface area contributed by atoms with E-state index in [1.807, 2.05) is 11.6 Å². The van der Waals surface area contributed by atoms with Gasteiger partial charge < -0.3 is 0 Å². The summed E-state index contributed by atoms with van der Waals surface area (Å²) < 4.78 is 0. The predicted octanol–water partition coefficient (Wildman–Crippen LogP) is 1.72. The van der Waals surface area contributed by atoms with Crippen molar-refractivity contribution in [3.63, 3.8) is 0 Å². The first-order valence-electron chi connectivity index (χ1n) is 4.99. The van der Waals surface area contributed by atoms with Crippen LogP contribution in [0.1, 0.15) is 16.7 Å². The Labute approximate surface area is 95.4 Å². The van der Waals surface area contributed by atoms with Gasteiger partial charge in [0.2, 0.25) is 7.28 Å². The molecule has 1 heterocycles. The van der Waals surface area contributed by atoms with E-state index in [4.69, 9.17) is 0 Å². The van der Waals surface area contributed by atoms with Crippen molar-refractivity contribution in [1.29, 1.82) is 0 Å². The van der Waals surface area contributed by atoms with Crippen molar-refractivity contribution in [2.45, 2.75) is 20.8 Å². The van der Waals surface area contributed by atoms with E-state index in [2.05, 4.69) is 45.2 Å². The Morgan fingerprint density at radius 2 is 1.80 bits per heavy atom. The van der Waals surface area contributed by atoms with E-state index >= 15 is 0 Å². The van der Waals surface area contributed by atoms with Crippen LogP contribution in [-0.2, 0) is 0 Å². The van der Waals surface area contributed by atoms with Crippen LogP contribution < -0.4 is 10.4 Å². The fourth-order valence-electron chi connectivity index (χ4n) is 1.85. The molecule has 0 saturated heterocycles. The van der Waals surface area contributed by atoms with Crippen molar-refractivity contribution in [1.82, 2.24) is 4.98 Å². The van der Waals surface area contributed by atoms with Gasteiger partial charge >= 0.3 is 0 Å². The van der Waals surface area contributed by atoms with Crippen molar-refractivity contribution < 1.29 is 0 Å². The highest BCUT2D eigenvalue weighted by atomic mass is 32.1. The lowest BCUT2D eigenvalue weighted by Gasteiger charge is -2.08. The highest BCUT2D eigenvalue weighted by Gasteiger charge is 2.08. The molecule has 0 fully saturated rings. The molecule has 3 heteroatoms. The first-order chi connectivity index (χ1) is 7.16. The summed E-state index contributed by atoms with van der Waals surface area (Å²) in [6.07, 6.45) is 1.84. The fourth-order valence-corrected chi connectivity index (χ4v) is 2.42. The number of aromatic nitrogens is 1. The first-order valence-corrected chi connectivity index (χ1v) is 5.87. The molecule has 2 aromatic rings. The van der Waals surface area contributed by atoms with Crippen molar-refractivity contribution in [3.05, 3.63) is 40.4 Å². The molecule has 0 saturated carbocycles. The van der Waals surface area contributed by atoms with Crippen molar-refractivity contribution in [2.24, 2.45) is 0 Å². The molecule has 0 aliphatic carbocycles. The van der Waals surface area contributed by atoms with Gasteiger partial charge in [0.25, 0.3) is 0 Å². The normalized spacial score (nSPS) is 10.3. The van der Waals surface area contributed by atoms with Crippen molar-refractivity contribution in [3.8, 4) is 0 Å². The van der Waals surface area contributed by atoms with Crippen LogP contribution in [0.15, 0.2) is 23.7 Å². The summed E-state index contributed by atoms with van der Waals surface area (Å²) in [6.45, 7) is 6.44. The quantitative estimate of drug-likeness (QED) is 0.693. The lowest BCUT2D eigenvalue weighted by molar-refractivity contribution is 1.35. The average molecular weight is 214 g/mol. The molecule has 1 radical (unpaired) electrons. The minimum atomic E-state index is 1.07. The number of benzene rings is 1. The molecule has 0 aliphatic rings. The molecule has 0 amide bonds. The van der Waals surface area contributed by atoms with Crippen LogP contribution in [0, 0.1) is 20.8 Å². The van der Waals surface area contributed by atoms with Crippen LogP contribution >= 0.6 is 11.3 Å². The standard InChI is InChI=1S/C12H13BNS/c1-8-6-9(2)11(10(3)7-8)13-12-14-4-5-15-12/h4-7H,1-3H3. The maximum absolute atomic E-state index is 4.28. The van der Waals surface area contributed by atoms with Gasteiger partial charge in [0.1, 0.15) is 0 Å². The molecule has 1 nitrogen and oxygen atoms in total. The van der Waals surface area contributed by atoms with Crippen LogP contribution in [0.25, 0.3) is 0 Å². The van der Waals surface area contributed by atoms with Gasteiger partial charge in [0.15, 0.2) is 0 Å². The van der Waals surface area contributed by atoms with E-state index in [9.17, 15) is 0 Å². The number of nitrogens with zero attached hydrogens (tertiary/aromatic N) is 1. The van der Waals surface area contributed by atoms with Gasteiger partial charge in [-0.05, 0) is 20.8 Å². The third-order valence-electron chi connectivity index (χ3n) is 2.46. The summed E-state index contributed by atoms with van der Waals surface area (Å²) in [5, 5.41) is 2.00. The van der Waals surface area contributed by atoms with Gasteiger partial charge in [0, 0.05) is 11.6 Å². The lowest BCUT2D eigenvalue weighted by Crippen LogP contribution is -2.30. The van der Waals surface area contributed by atoms with Gasteiger partial charge in [-0.25, -0.2) is 0 Å². The molecule has 0 atom stereocenters. The zero-order valence-electron chi connectivity index (χ0n) is 9.24. The summed E-state index contributed by atoms with van der Waals surface area (Å²) in [7, 11) is 2.16.